The van der Waals surface area contributed by atoms with Gasteiger partial charge in [0.1, 0.15) is 0 Å². The molecule has 3 atom stereocenters. The van der Waals surface area contributed by atoms with Gasteiger partial charge in [0.05, 0.1) is 39.3 Å². The number of halogens is 2. The van der Waals surface area contributed by atoms with Crippen molar-refractivity contribution in [1.29, 1.82) is 0 Å². The number of rotatable bonds is 6. The molecule has 9 heteroatoms. The number of benzene rings is 3. The summed E-state index contributed by atoms with van der Waals surface area (Å²) in [5.41, 5.74) is 3.69. The van der Waals surface area contributed by atoms with E-state index in [1.807, 2.05) is 25.1 Å². The minimum Gasteiger partial charge on any atom is -0.454 e. The second kappa shape index (κ2) is 11.5. The van der Waals surface area contributed by atoms with Gasteiger partial charge in [0.15, 0.2) is 6.61 Å². The lowest BCUT2D eigenvalue weighted by molar-refractivity contribution is -0.122. The Morgan fingerprint density at radius 3 is 2.40 bits per heavy atom. The Morgan fingerprint density at radius 2 is 1.65 bits per heavy atom. The summed E-state index contributed by atoms with van der Waals surface area (Å²) in [4.78, 5) is 58.5. The zero-order valence-corrected chi connectivity index (χ0v) is 25.1. The van der Waals surface area contributed by atoms with Crippen LogP contribution in [-0.4, -0.2) is 35.2 Å². The Kier molecular flexibility index (Phi) is 7.79. The predicted octanol–water partition coefficient (Wildman–Crippen LogP) is 7.48. The van der Waals surface area contributed by atoms with Crippen molar-refractivity contribution in [1.82, 2.24) is 4.98 Å². The average molecular weight is 616 g/mol. The number of imide groups is 1. The predicted molar refractivity (Wildman–Crippen MR) is 165 cm³/mol. The van der Waals surface area contributed by atoms with Crippen molar-refractivity contribution >= 4 is 63.4 Å². The van der Waals surface area contributed by atoms with Crippen LogP contribution in [0.2, 0.25) is 10.0 Å². The third kappa shape index (κ3) is 5.55. The molecule has 3 aromatic carbocycles. The summed E-state index contributed by atoms with van der Waals surface area (Å²) >= 11 is 12.1. The van der Waals surface area contributed by atoms with Gasteiger partial charge >= 0.3 is 5.97 Å². The molecule has 2 fully saturated rings. The first-order valence-electron chi connectivity index (χ1n) is 14.2. The molecule has 218 valence electrons. The fourth-order valence-electron chi connectivity index (χ4n) is 6.08. The van der Waals surface area contributed by atoms with Gasteiger partial charge in [0.2, 0.25) is 17.6 Å². The topological polar surface area (TPSA) is 93.6 Å². The van der Waals surface area contributed by atoms with Crippen LogP contribution in [0.4, 0.5) is 5.69 Å². The number of fused-ring (bicyclic) bond motifs is 2. The molecule has 0 spiro atoms. The number of ether oxygens (including phenoxy) is 1. The van der Waals surface area contributed by atoms with Crippen LogP contribution in [0.15, 0.2) is 66.7 Å². The summed E-state index contributed by atoms with van der Waals surface area (Å²) in [7, 11) is 0. The number of aryl methyl sites for hydroxylation is 1. The molecule has 6 rings (SSSR count). The number of amides is 2. The van der Waals surface area contributed by atoms with Crippen LogP contribution >= 0.6 is 23.2 Å². The lowest BCUT2D eigenvalue weighted by Gasteiger charge is -2.25. The molecule has 7 nitrogen and oxygen atoms in total. The number of Topliss-reactive ketones (excluding diaryl/α,β-unsaturated/α-hetero) is 1. The van der Waals surface area contributed by atoms with E-state index in [9.17, 15) is 19.2 Å². The molecule has 2 amide bonds. The third-order valence-electron chi connectivity index (χ3n) is 8.36. The van der Waals surface area contributed by atoms with Crippen LogP contribution in [0.1, 0.15) is 52.5 Å². The highest BCUT2D eigenvalue weighted by molar-refractivity contribution is 6.37. The third-order valence-corrected chi connectivity index (χ3v) is 8.91. The number of carbonyl (C=O) groups is 4. The van der Waals surface area contributed by atoms with E-state index in [4.69, 9.17) is 32.9 Å². The van der Waals surface area contributed by atoms with Crippen molar-refractivity contribution in [2.45, 2.75) is 33.1 Å². The Morgan fingerprint density at radius 1 is 0.907 bits per heavy atom. The van der Waals surface area contributed by atoms with E-state index in [1.54, 1.807) is 36.4 Å². The van der Waals surface area contributed by atoms with Crippen LogP contribution in [0, 0.1) is 24.7 Å². The molecule has 43 heavy (non-hydrogen) atoms. The van der Waals surface area contributed by atoms with E-state index < -0.39 is 18.4 Å². The Bertz CT molecular complexity index is 1800. The number of anilines is 1. The number of pyridine rings is 1. The first-order chi connectivity index (χ1) is 20.6. The molecule has 2 aliphatic rings. The van der Waals surface area contributed by atoms with Crippen molar-refractivity contribution in [3.63, 3.8) is 0 Å². The second-order valence-electron chi connectivity index (χ2n) is 11.4. The smallest absolute Gasteiger partial charge is 0.339 e. The molecule has 0 bridgehead atoms. The number of carbonyl (C=O) groups excluding carboxylic acids is 4. The van der Waals surface area contributed by atoms with Crippen molar-refractivity contribution in [3.8, 4) is 11.3 Å². The monoisotopic (exact) mass is 614 g/mol. The summed E-state index contributed by atoms with van der Waals surface area (Å²) in [6.07, 6.45) is 2.43. The number of ketones is 1. The summed E-state index contributed by atoms with van der Waals surface area (Å²) in [5, 5.41) is 1.16. The van der Waals surface area contributed by atoms with Crippen LogP contribution in [0.5, 0.6) is 0 Å². The molecule has 1 aliphatic heterocycles. The Hall–Kier alpha value is -4.07. The highest BCUT2D eigenvalue weighted by Crippen LogP contribution is 2.42. The number of esters is 1. The van der Waals surface area contributed by atoms with Crippen LogP contribution in [-0.2, 0) is 14.3 Å². The maximum atomic E-state index is 13.3. The standard InChI is InChI=1S/C34H28Cl2N2O5/c1-18-3-10-23-26(14-18)33(41)38(32(23)40)22-8-5-20(6-9-22)30-16-27(25-13-19(2)4-12-29(25)37-30)34(42)43-17-31(39)24-11-7-21(35)15-28(24)36/h4-9,11-13,15-16,18,23,26H,3,10,14,17H2,1-2H3. The van der Waals surface area contributed by atoms with Crippen molar-refractivity contribution in [2.75, 3.05) is 11.5 Å². The van der Waals surface area contributed by atoms with Crippen LogP contribution in [0.3, 0.4) is 0 Å². The molecule has 1 saturated carbocycles. The number of nitrogens with zero attached hydrogens (tertiary/aromatic N) is 2. The fraction of sp³-hybridized carbons (Fsp3) is 0.265. The molecule has 1 aliphatic carbocycles. The molecular formula is C34H28Cl2N2O5. The summed E-state index contributed by atoms with van der Waals surface area (Å²) in [6.45, 7) is 3.53. The van der Waals surface area contributed by atoms with Gasteiger partial charge in [-0.1, -0.05) is 53.9 Å². The molecule has 2 heterocycles. The largest absolute Gasteiger partial charge is 0.454 e. The minimum atomic E-state index is -0.681. The van der Waals surface area contributed by atoms with Gasteiger partial charge in [-0.3, -0.25) is 19.3 Å². The Balaban J connectivity index is 1.27. The Labute approximate surface area is 258 Å². The normalized spacial score (nSPS) is 19.9. The van der Waals surface area contributed by atoms with Crippen molar-refractivity contribution in [2.24, 2.45) is 17.8 Å². The number of hydrogen-bond donors (Lipinski definition) is 0. The van der Waals surface area contributed by atoms with Crippen molar-refractivity contribution < 1.29 is 23.9 Å². The van der Waals surface area contributed by atoms with Gasteiger partial charge in [0.25, 0.3) is 0 Å². The average Bonchev–Trinajstić information content (AvgIpc) is 3.23. The first-order valence-corrected chi connectivity index (χ1v) is 14.9. The molecule has 4 aromatic rings. The maximum absolute atomic E-state index is 13.3. The molecule has 1 saturated heterocycles. The fourth-order valence-corrected chi connectivity index (χ4v) is 6.60. The molecule has 3 unspecified atom stereocenters. The van der Waals surface area contributed by atoms with E-state index in [0.29, 0.717) is 38.8 Å². The van der Waals surface area contributed by atoms with E-state index >= 15 is 0 Å². The van der Waals surface area contributed by atoms with E-state index in [0.717, 1.165) is 24.8 Å². The lowest BCUT2D eigenvalue weighted by Crippen LogP contribution is -2.30. The van der Waals surface area contributed by atoms with E-state index in [1.165, 1.54) is 17.0 Å². The number of hydrogen-bond acceptors (Lipinski definition) is 6. The van der Waals surface area contributed by atoms with Crippen LogP contribution < -0.4 is 4.90 Å². The van der Waals surface area contributed by atoms with Gasteiger partial charge < -0.3 is 4.74 Å². The van der Waals surface area contributed by atoms with Gasteiger partial charge in [0, 0.05) is 21.5 Å². The maximum Gasteiger partial charge on any atom is 0.339 e. The van der Waals surface area contributed by atoms with Gasteiger partial charge in [-0.25, -0.2) is 9.78 Å². The van der Waals surface area contributed by atoms with Gasteiger partial charge in [-0.05, 0) is 80.6 Å². The molecule has 0 N–H and O–H groups in total. The minimum absolute atomic E-state index is 0.131. The second-order valence-corrected chi connectivity index (χ2v) is 12.2. The summed E-state index contributed by atoms with van der Waals surface area (Å²) < 4.78 is 5.44. The van der Waals surface area contributed by atoms with Gasteiger partial charge in [-0.2, -0.15) is 0 Å². The molecular weight excluding hydrogens is 587 g/mol. The quantitative estimate of drug-likeness (QED) is 0.127. The number of aromatic nitrogens is 1. The van der Waals surface area contributed by atoms with Crippen molar-refractivity contribution in [3.05, 3.63) is 93.5 Å². The zero-order chi connectivity index (χ0) is 30.4. The van der Waals surface area contributed by atoms with Crippen LogP contribution in [0.25, 0.3) is 22.2 Å². The summed E-state index contributed by atoms with van der Waals surface area (Å²) in [6, 6.07) is 18.7. The van der Waals surface area contributed by atoms with E-state index in [2.05, 4.69) is 6.92 Å². The highest BCUT2D eigenvalue weighted by Gasteiger charge is 2.49. The summed E-state index contributed by atoms with van der Waals surface area (Å²) in [5.74, 6) is -1.47. The molecule has 1 aromatic heterocycles. The zero-order valence-electron chi connectivity index (χ0n) is 23.6. The first kappa shape index (κ1) is 29.0. The van der Waals surface area contributed by atoms with Gasteiger partial charge in [-0.15, -0.1) is 0 Å². The highest BCUT2D eigenvalue weighted by atomic mass is 35.5. The molecule has 0 radical (unpaired) electrons. The lowest BCUT2D eigenvalue weighted by atomic mass is 9.76. The SMILES string of the molecule is Cc1ccc2nc(-c3ccc(N4C(=O)C5CCC(C)CC5C4=O)cc3)cc(C(=O)OCC(=O)c3ccc(Cl)cc3Cl)c2c1. The van der Waals surface area contributed by atoms with E-state index in [-0.39, 0.29) is 39.8 Å².